The van der Waals surface area contributed by atoms with E-state index in [1.807, 2.05) is 42.2 Å². The summed E-state index contributed by atoms with van der Waals surface area (Å²) in [5.41, 5.74) is 1.93. The zero-order valence-electron chi connectivity index (χ0n) is 17.3. The van der Waals surface area contributed by atoms with Gasteiger partial charge in [0.15, 0.2) is 0 Å². The second-order valence-electron chi connectivity index (χ2n) is 6.35. The molecule has 0 saturated carbocycles. The summed E-state index contributed by atoms with van der Waals surface area (Å²) >= 11 is 0. The third kappa shape index (κ3) is 8.46. The number of carboxylic acid groups (broad SMARTS) is 2. The van der Waals surface area contributed by atoms with Gasteiger partial charge < -0.3 is 15.1 Å². The Morgan fingerprint density at radius 3 is 2.03 bits per heavy atom. The first-order valence-corrected chi connectivity index (χ1v) is 10.9. The lowest BCUT2D eigenvalue weighted by atomic mass is 10.1. The van der Waals surface area contributed by atoms with E-state index in [-0.39, 0.29) is 17.0 Å². The second-order valence-corrected chi connectivity index (χ2v) is 8.36. The highest BCUT2D eigenvalue weighted by atomic mass is 32.2. The summed E-state index contributed by atoms with van der Waals surface area (Å²) in [4.78, 5) is 22.5. The molecule has 2 aromatic rings. The summed E-state index contributed by atoms with van der Waals surface area (Å²) in [5, 5.41) is 16.7. The van der Waals surface area contributed by atoms with Crippen molar-refractivity contribution >= 4 is 33.3 Å². The second kappa shape index (κ2) is 11.4. The van der Waals surface area contributed by atoms with Crippen LogP contribution in [0.5, 0.6) is 0 Å². The number of rotatable bonds is 8. The Morgan fingerprint density at radius 2 is 1.59 bits per heavy atom. The first kappa shape index (κ1) is 26.8. The molecule has 3 N–H and O–H groups in total. The van der Waals surface area contributed by atoms with Gasteiger partial charge in [-0.2, -0.15) is 13.2 Å². The van der Waals surface area contributed by atoms with Gasteiger partial charge in [0.2, 0.25) is 10.0 Å². The molecule has 0 aliphatic rings. The first-order chi connectivity index (χ1) is 14.8. The summed E-state index contributed by atoms with van der Waals surface area (Å²) in [6.07, 6.45) is -5.08. The van der Waals surface area contributed by atoms with Crippen LogP contribution < -0.4 is 9.62 Å². The van der Waals surface area contributed by atoms with Gasteiger partial charge in [-0.05, 0) is 37.6 Å². The molecule has 0 aliphatic heterocycles. The molecule has 0 aliphatic carbocycles. The van der Waals surface area contributed by atoms with Gasteiger partial charge in [0, 0.05) is 18.8 Å². The lowest BCUT2D eigenvalue weighted by Crippen LogP contribution is -2.24. The van der Waals surface area contributed by atoms with E-state index in [0.717, 1.165) is 5.56 Å². The molecule has 2 rings (SSSR count). The Labute approximate surface area is 183 Å². The molecule has 8 nitrogen and oxygen atoms in total. The molecule has 0 bridgehead atoms. The number of hydrogen-bond acceptors (Lipinski definition) is 5. The van der Waals surface area contributed by atoms with Gasteiger partial charge in [-0.25, -0.2) is 18.0 Å². The maximum Gasteiger partial charge on any atom is 0.490 e. The number of halogens is 3. The van der Waals surface area contributed by atoms with Crippen molar-refractivity contribution in [3.63, 3.8) is 0 Å². The fourth-order valence-corrected chi connectivity index (χ4v) is 3.10. The highest BCUT2D eigenvalue weighted by Crippen LogP contribution is 2.26. The van der Waals surface area contributed by atoms with Gasteiger partial charge >= 0.3 is 18.1 Å². The van der Waals surface area contributed by atoms with Crippen LogP contribution in [0, 0.1) is 0 Å². The molecule has 0 saturated heterocycles. The number of aliphatic carboxylic acids is 1. The minimum Gasteiger partial charge on any atom is -0.478 e. The van der Waals surface area contributed by atoms with Crippen molar-refractivity contribution in [2.45, 2.75) is 26.6 Å². The molecule has 176 valence electrons. The average Bonchev–Trinajstić information content (AvgIpc) is 2.72. The zero-order chi connectivity index (χ0) is 24.5. The standard InChI is InChI=1S/C18H22N2O4S.C2HF3O2/c1-3-20(13-14-8-6-5-7-9-14)17-11-10-15(12-16(17)18(21)22)19-25(23,24)4-2;3-2(4,5)1(6)7/h5-12,19H,3-4,13H2,1-2H3,(H,21,22);(H,6,7). The Hall–Kier alpha value is -3.28. The molecule has 0 spiro atoms. The van der Waals surface area contributed by atoms with E-state index in [2.05, 4.69) is 4.72 Å². The smallest absolute Gasteiger partial charge is 0.478 e. The summed E-state index contributed by atoms with van der Waals surface area (Å²) in [5.74, 6) is -3.93. The topological polar surface area (TPSA) is 124 Å². The van der Waals surface area contributed by atoms with E-state index in [9.17, 15) is 31.5 Å². The third-order valence-electron chi connectivity index (χ3n) is 4.06. The van der Waals surface area contributed by atoms with E-state index in [4.69, 9.17) is 9.90 Å². The van der Waals surface area contributed by atoms with Crippen molar-refractivity contribution < 1.29 is 41.4 Å². The van der Waals surface area contributed by atoms with Gasteiger partial charge in [0.25, 0.3) is 0 Å². The average molecular weight is 476 g/mol. The summed E-state index contributed by atoms with van der Waals surface area (Å²) in [7, 11) is -3.46. The van der Waals surface area contributed by atoms with Crippen molar-refractivity contribution in [1.82, 2.24) is 0 Å². The summed E-state index contributed by atoms with van der Waals surface area (Å²) < 4.78 is 57.5. The van der Waals surface area contributed by atoms with Gasteiger partial charge in [-0.15, -0.1) is 0 Å². The lowest BCUT2D eigenvalue weighted by molar-refractivity contribution is -0.192. The highest BCUT2D eigenvalue weighted by molar-refractivity contribution is 7.92. The summed E-state index contributed by atoms with van der Waals surface area (Å²) in [6, 6.07) is 14.3. The summed E-state index contributed by atoms with van der Waals surface area (Å²) in [6.45, 7) is 4.66. The van der Waals surface area contributed by atoms with Crippen molar-refractivity contribution in [1.29, 1.82) is 0 Å². The van der Waals surface area contributed by atoms with Crippen LogP contribution in [-0.2, 0) is 21.4 Å². The molecular weight excluding hydrogens is 453 g/mol. The minimum absolute atomic E-state index is 0.0640. The van der Waals surface area contributed by atoms with Gasteiger partial charge in [0.05, 0.1) is 17.0 Å². The molecule has 2 aromatic carbocycles. The number of anilines is 2. The van der Waals surface area contributed by atoms with Crippen molar-refractivity contribution in [3.05, 3.63) is 59.7 Å². The predicted octanol–water partition coefficient (Wildman–Crippen LogP) is 3.81. The van der Waals surface area contributed by atoms with Crippen LogP contribution in [0.3, 0.4) is 0 Å². The highest BCUT2D eigenvalue weighted by Gasteiger charge is 2.38. The molecule has 0 unspecified atom stereocenters. The van der Waals surface area contributed by atoms with Crippen LogP contribution in [0.15, 0.2) is 48.5 Å². The van der Waals surface area contributed by atoms with Crippen LogP contribution in [0.1, 0.15) is 29.8 Å². The number of aromatic carboxylic acids is 1. The van der Waals surface area contributed by atoms with E-state index in [1.165, 1.54) is 13.0 Å². The molecule has 0 heterocycles. The minimum atomic E-state index is -5.08. The third-order valence-corrected chi connectivity index (χ3v) is 5.37. The molecular formula is C20H23F3N2O6S. The SMILES string of the molecule is CCN(Cc1ccccc1)c1ccc(NS(=O)(=O)CC)cc1C(=O)O.O=C(O)C(F)(F)F. The van der Waals surface area contributed by atoms with Crippen LogP contribution in [-0.4, -0.2) is 49.0 Å². The van der Waals surface area contributed by atoms with Crippen LogP contribution in [0.25, 0.3) is 0 Å². The fourth-order valence-electron chi connectivity index (χ4n) is 2.47. The Balaban J connectivity index is 0.000000633. The van der Waals surface area contributed by atoms with Crippen molar-refractivity contribution in [2.24, 2.45) is 0 Å². The van der Waals surface area contributed by atoms with Crippen molar-refractivity contribution in [2.75, 3.05) is 21.9 Å². The van der Waals surface area contributed by atoms with E-state index in [0.29, 0.717) is 18.8 Å². The predicted molar refractivity (Wildman–Crippen MR) is 113 cm³/mol. The molecule has 12 heteroatoms. The maximum atomic E-state index is 11.7. The fraction of sp³-hybridized carbons (Fsp3) is 0.300. The van der Waals surface area contributed by atoms with Crippen LogP contribution in [0.2, 0.25) is 0 Å². The number of alkyl halides is 3. The zero-order valence-corrected chi connectivity index (χ0v) is 18.1. The number of nitrogens with one attached hydrogen (secondary N) is 1. The van der Waals surface area contributed by atoms with Gasteiger partial charge in [0.1, 0.15) is 0 Å². The number of carbonyl (C=O) groups is 2. The molecule has 32 heavy (non-hydrogen) atoms. The molecule has 0 amide bonds. The Kier molecular flexibility index (Phi) is 9.51. The molecule has 0 atom stereocenters. The molecule has 0 fully saturated rings. The van der Waals surface area contributed by atoms with Crippen LogP contribution >= 0.6 is 0 Å². The largest absolute Gasteiger partial charge is 0.490 e. The van der Waals surface area contributed by atoms with Crippen LogP contribution in [0.4, 0.5) is 24.5 Å². The number of benzene rings is 2. The normalized spacial score (nSPS) is 11.2. The number of sulfonamides is 1. The Bertz CT molecular complexity index is 1030. The Morgan fingerprint density at radius 1 is 1.03 bits per heavy atom. The van der Waals surface area contributed by atoms with E-state index >= 15 is 0 Å². The van der Waals surface area contributed by atoms with Gasteiger partial charge in [-0.3, -0.25) is 4.72 Å². The number of nitrogens with zero attached hydrogens (tertiary/aromatic N) is 1. The quantitative estimate of drug-likeness (QED) is 0.529. The number of hydrogen-bond donors (Lipinski definition) is 3. The molecule has 0 radical (unpaired) electrons. The van der Waals surface area contributed by atoms with Gasteiger partial charge in [-0.1, -0.05) is 30.3 Å². The van der Waals surface area contributed by atoms with E-state index in [1.54, 1.807) is 12.1 Å². The molecule has 0 aromatic heterocycles. The van der Waals surface area contributed by atoms with Crippen molar-refractivity contribution in [3.8, 4) is 0 Å². The van der Waals surface area contributed by atoms with E-state index < -0.39 is 28.1 Å². The monoisotopic (exact) mass is 476 g/mol. The first-order valence-electron chi connectivity index (χ1n) is 9.27. The number of carboxylic acids is 2. The maximum absolute atomic E-state index is 11.7. The lowest BCUT2D eigenvalue weighted by Gasteiger charge is -2.25.